The number of benzene rings is 2. The van der Waals surface area contributed by atoms with E-state index in [2.05, 4.69) is 6.58 Å². The van der Waals surface area contributed by atoms with Crippen molar-refractivity contribution in [2.75, 3.05) is 20.2 Å². The second kappa shape index (κ2) is 11.5. The Morgan fingerprint density at radius 3 is 2.47 bits per heavy atom. The standard InChI is InChI=1S/C28H30N2O5S/c1-4-19(2)30-27(32)25(36-28(30)33)17-21-10-13-23(24(16-21)34-3)35-18-20-8-11-22(12-9-20)26(31)29-14-6-5-7-15-29/h4,8-13,16-17,19H,1,5-7,14-15,18H2,2-3H3/b25-17-/t19-/m1/s1. The van der Waals surface area contributed by atoms with E-state index in [9.17, 15) is 14.4 Å². The van der Waals surface area contributed by atoms with Gasteiger partial charge in [0.15, 0.2) is 11.5 Å². The van der Waals surface area contributed by atoms with E-state index in [0.29, 0.717) is 28.6 Å². The van der Waals surface area contributed by atoms with Crippen molar-refractivity contribution < 1.29 is 23.9 Å². The van der Waals surface area contributed by atoms with Crippen molar-refractivity contribution in [2.45, 2.75) is 38.8 Å². The van der Waals surface area contributed by atoms with Crippen LogP contribution < -0.4 is 9.47 Å². The van der Waals surface area contributed by atoms with Crippen LogP contribution in [0.5, 0.6) is 11.5 Å². The highest BCUT2D eigenvalue weighted by Crippen LogP contribution is 2.35. The lowest BCUT2D eigenvalue weighted by molar-refractivity contribution is -0.123. The lowest BCUT2D eigenvalue weighted by Crippen LogP contribution is -2.35. The van der Waals surface area contributed by atoms with Gasteiger partial charge in [0.1, 0.15) is 6.61 Å². The van der Waals surface area contributed by atoms with Crippen molar-refractivity contribution in [3.05, 3.63) is 76.7 Å². The summed E-state index contributed by atoms with van der Waals surface area (Å²) < 4.78 is 11.5. The number of imide groups is 1. The van der Waals surface area contributed by atoms with E-state index in [-0.39, 0.29) is 23.1 Å². The first-order valence-corrected chi connectivity index (χ1v) is 12.8. The van der Waals surface area contributed by atoms with Crippen LogP contribution in [0, 0.1) is 0 Å². The Labute approximate surface area is 215 Å². The van der Waals surface area contributed by atoms with Gasteiger partial charge in [-0.2, -0.15) is 0 Å². The Morgan fingerprint density at radius 1 is 1.08 bits per heavy atom. The van der Waals surface area contributed by atoms with Gasteiger partial charge in [-0.05, 0) is 79.4 Å². The molecule has 188 valence electrons. The van der Waals surface area contributed by atoms with Gasteiger partial charge in [-0.25, -0.2) is 0 Å². The normalized spacial score (nSPS) is 17.9. The van der Waals surface area contributed by atoms with E-state index >= 15 is 0 Å². The minimum Gasteiger partial charge on any atom is -0.493 e. The molecule has 3 amide bonds. The van der Waals surface area contributed by atoms with Gasteiger partial charge in [-0.15, -0.1) is 6.58 Å². The molecule has 2 fully saturated rings. The summed E-state index contributed by atoms with van der Waals surface area (Å²) in [5.41, 5.74) is 2.34. The number of hydrogen-bond donors (Lipinski definition) is 0. The first-order valence-electron chi connectivity index (χ1n) is 12.0. The van der Waals surface area contributed by atoms with Crippen LogP contribution in [0.1, 0.15) is 47.7 Å². The van der Waals surface area contributed by atoms with Crippen LogP contribution in [0.25, 0.3) is 6.08 Å². The molecule has 0 aromatic heterocycles. The highest BCUT2D eigenvalue weighted by Gasteiger charge is 2.37. The molecule has 2 saturated heterocycles. The monoisotopic (exact) mass is 506 g/mol. The molecular formula is C28H30N2O5S. The van der Waals surface area contributed by atoms with Gasteiger partial charge in [0.2, 0.25) is 0 Å². The van der Waals surface area contributed by atoms with Crippen molar-refractivity contribution in [1.29, 1.82) is 0 Å². The SMILES string of the molecule is C=C[C@@H](C)N1C(=O)S/C(=C\c2ccc(OCc3ccc(C(=O)N4CCCCC4)cc3)c(OC)c2)C1=O. The zero-order chi connectivity index (χ0) is 25.7. The Hall–Kier alpha value is -3.52. The van der Waals surface area contributed by atoms with E-state index in [1.807, 2.05) is 35.2 Å². The minimum atomic E-state index is -0.370. The van der Waals surface area contributed by atoms with Gasteiger partial charge in [-0.3, -0.25) is 19.3 Å². The van der Waals surface area contributed by atoms with Gasteiger partial charge in [0.05, 0.1) is 18.1 Å². The molecule has 2 aliphatic rings. The predicted octanol–water partition coefficient (Wildman–Crippen LogP) is 5.51. The molecule has 2 aromatic rings. The Bertz CT molecular complexity index is 1180. The number of thioether (sulfide) groups is 1. The fraction of sp³-hybridized carbons (Fsp3) is 0.321. The zero-order valence-corrected chi connectivity index (χ0v) is 21.4. The van der Waals surface area contributed by atoms with E-state index < -0.39 is 0 Å². The lowest BCUT2D eigenvalue weighted by atomic mass is 10.1. The van der Waals surface area contributed by atoms with E-state index in [1.165, 1.54) is 11.3 Å². The molecule has 7 nitrogen and oxygen atoms in total. The summed E-state index contributed by atoms with van der Waals surface area (Å²) in [5.74, 6) is 0.811. The maximum atomic E-state index is 12.7. The fourth-order valence-corrected chi connectivity index (χ4v) is 5.08. The molecule has 0 unspecified atom stereocenters. The second-order valence-corrected chi connectivity index (χ2v) is 9.77. The van der Waals surface area contributed by atoms with E-state index in [4.69, 9.17) is 9.47 Å². The van der Waals surface area contributed by atoms with Gasteiger partial charge < -0.3 is 14.4 Å². The summed E-state index contributed by atoms with van der Waals surface area (Å²) in [7, 11) is 1.55. The van der Waals surface area contributed by atoms with Gasteiger partial charge in [0, 0.05) is 18.7 Å². The average molecular weight is 507 g/mol. The molecule has 0 radical (unpaired) electrons. The number of nitrogens with zero attached hydrogens (tertiary/aromatic N) is 2. The van der Waals surface area contributed by atoms with E-state index in [0.717, 1.165) is 48.8 Å². The number of methoxy groups -OCH3 is 1. The Kier molecular flexibility index (Phi) is 8.15. The summed E-state index contributed by atoms with van der Waals surface area (Å²) in [4.78, 5) is 41.0. The largest absolute Gasteiger partial charge is 0.493 e. The third kappa shape index (κ3) is 5.65. The predicted molar refractivity (Wildman–Crippen MR) is 141 cm³/mol. The summed E-state index contributed by atoms with van der Waals surface area (Å²) in [6.45, 7) is 7.38. The highest BCUT2D eigenvalue weighted by atomic mass is 32.2. The van der Waals surface area contributed by atoms with Crippen molar-refractivity contribution in [3.63, 3.8) is 0 Å². The van der Waals surface area contributed by atoms with Crippen LogP contribution >= 0.6 is 11.8 Å². The summed E-state index contributed by atoms with van der Waals surface area (Å²) >= 11 is 0.909. The topological polar surface area (TPSA) is 76.2 Å². The minimum absolute atomic E-state index is 0.0798. The smallest absolute Gasteiger partial charge is 0.294 e. The number of hydrogen-bond acceptors (Lipinski definition) is 6. The molecule has 2 aliphatic heterocycles. The molecule has 2 aromatic carbocycles. The molecule has 2 heterocycles. The molecule has 1 atom stereocenters. The van der Waals surface area contributed by atoms with Crippen LogP contribution in [0.3, 0.4) is 0 Å². The van der Waals surface area contributed by atoms with Crippen molar-refractivity contribution in [3.8, 4) is 11.5 Å². The number of carbonyl (C=O) groups is 3. The van der Waals surface area contributed by atoms with Crippen LogP contribution in [-0.4, -0.2) is 53.1 Å². The summed E-state index contributed by atoms with van der Waals surface area (Å²) in [6, 6.07) is 12.5. The molecular weight excluding hydrogens is 476 g/mol. The first-order chi connectivity index (χ1) is 17.4. The fourth-order valence-electron chi connectivity index (χ4n) is 4.17. The summed E-state index contributed by atoms with van der Waals surface area (Å²) in [5, 5.41) is -0.311. The Balaban J connectivity index is 1.41. The maximum absolute atomic E-state index is 12.7. The van der Waals surface area contributed by atoms with Crippen LogP contribution in [0.15, 0.2) is 60.0 Å². The van der Waals surface area contributed by atoms with Crippen molar-refractivity contribution in [1.82, 2.24) is 9.80 Å². The van der Waals surface area contributed by atoms with Gasteiger partial charge >= 0.3 is 0 Å². The quantitative estimate of drug-likeness (QED) is 0.347. The second-order valence-electron chi connectivity index (χ2n) is 8.78. The van der Waals surface area contributed by atoms with Gasteiger partial charge in [-0.1, -0.05) is 24.3 Å². The number of carbonyl (C=O) groups excluding carboxylic acids is 3. The maximum Gasteiger partial charge on any atom is 0.294 e. The third-order valence-corrected chi connectivity index (χ3v) is 7.18. The molecule has 0 aliphatic carbocycles. The number of piperidine rings is 1. The van der Waals surface area contributed by atoms with Gasteiger partial charge in [0.25, 0.3) is 17.1 Å². The molecule has 4 rings (SSSR count). The molecule has 0 saturated carbocycles. The number of likely N-dealkylation sites (tertiary alicyclic amines) is 1. The number of rotatable bonds is 8. The first kappa shape index (κ1) is 25.6. The number of amides is 3. The molecule has 0 N–H and O–H groups in total. The molecule has 36 heavy (non-hydrogen) atoms. The van der Waals surface area contributed by atoms with Crippen LogP contribution in [0.2, 0.25) is 0 Å². The van der Waals surface area contributed by atoms with Crippen molar-refractivity contribution >= 4 is 34.9 Å². The Morgan fingerprint density at radius 2 is 1.81 bits per heavy atom. The third-order valence-electron chi connectivity index (χ3n) is 6.30. The van der Waals surface area contributed by atoms with E-state index in [1.54, 1.807) is 38.3 Å². The lowest BCUT2D eigenvalue weighted by Gasteiger charge is -2.26. The molecule has 0 spiro atoms. The van der Waals surface area contributed by atoms with Crippen LogP contribution in [0.4, 0.5) is 4.79 Å². The molecule has 0 bridgehead atoms. The number of ether oxygens (including phenoxy) is 2. The highest BCUT2D eigenvalue weighted by molar-refractivity contribution is 8.18. The molecule has 8 heteroatoms. The van der Waals surface area contributed by atoms with Crippen molar-refractivity contribution in [2.24, 2.45) is 0 Å². The average Bonchev–Trinajstić information content (AvgIpc) is 3.19. The van der Waals surface area contributed by atoms with Crippen LogP contribution in [-0.2, 0) is 11.4 Å². The summed E-state index contributed by atoms with van der Waals surface area (Å²) in [6.07, 6.45) is 6.55. The zero-order valence-electron chi connectivity index (χ0n) is 20.6.